The van der Waals surface area contributed by atoms with E-state index in [1.54, 1.807) is 12.1 Å². The number of hydrogen-bond acceptors (Lipinski definition) is 5. The molecular formula is C14H22N2O4. The van der Waals surface area contributed by atoms with Crippen LogP contribution < -0.4 is 10.1 Å². The average molecular weight is 282 g/mol. The number of nitro groups is 1. The molecule has 0 amide bonds. The van der Waals surface area contributed by atoms with Gasteiger partial charge in [0, 0.05) is 30.5 Å². The van der Waals surface area contributed by atoms with Gasteiger partial charge >= 0.3 is 5.69 Å². The molecule has 0 fully saturated rings. The van der Waals surface area contributed by atoms with E-state index >= 15 is 0 Å². The lowest BCUT2D eigenvalue weighted by Gasteiger charge is -2.16. The van der Waals surface area contributed by atoms with Crippen molar-refractivity contribution in [3.8, 4) is 5.75 Å². The Morgan fingerprint density at radius 2 is 2.05 bits per heavy atom. The zero-order valence-corrected chi connectivity index (χ0v) is 12.4. The van der Waals surface area contributed by atoms with Crippen LogP contribution in [0.1, 0.15) is 27.7 Å². The summed E-state index contributed by atoms with van der Waals surface area (Å²) in [6.45, 7) is 8.83. The molecule has 0 aliphatic heterocycles. The SMILES string of the molecule is CCOCC(C)Nc1ccc([N+](=O)[O-])c(OC(C)C)c1. The van der Waals surface area contributed by atoms with Gasteiger partial charge in [-0.1, -0.05) is 0 Å². The molecule has 0 bridgehead atoms. The Morgan fingerprint density at radius 3 is 2.60 bits per heavy atom. The maximum atomic E-state index is 11.0. The van der Waals surface area contributed by atoms with Crippen molar-refractivity contribution in [2.24, 2.45) is 0 Å². The van der Waals surface area contributed by atoms with Gasteiger partial charge in [-0.15, -0.1) is 0 Å². The topological polar surface area (TPSA) is 73.6 Å². The first kappa shape index (κ1) is 16.2. The van der Waals surface area contributed by atoms with Gasteiger partial charge < -0.3 is 14.8 Å². The van der Waals surface area contributed by atoms with Crippen molar-refractivity contribution in [1.82, 2.24) is 0 Å². The van der Waals surface area contributed by atoms with Gasteiger partial charge in [0.25, 0.3) is 0 Å². The van der Waals surface area contributed by atoms with Gasteiger partial charge in [0.2, 0.25) is 0 Å². The average Bonchev–Trinajstić information content (AvgIpc) is 2.35. The highest BCUT2D eigenvalue weighted by Gasteiger charge is 2.17. The van der Waals surface area contributed by atoms with Gasteiger partial charge in [0.15, 0.2) is 5.75 Å². The van der Waals surface area contributed by atoms with Crippen LogP contribution in [0.2, 0.25) is 0 Å². The zero-order valence-electron chi connectivity index (χ0n) is 12.4. The minimum absolute atomic E-state index is 0.0262. The molecule has 112 valence electrons. The number of nitrogens with one attached hydrogen (secondary N) is 1. The minimum atomic E-state index is -0.439. The summed E-state index contributed by atoms with van der Waals surface area (Å²) >= 11 is 0. The fourth-order valence-corrected chi connectivity index (χ4v) is 1.72. The lowest BCUT2D eigenvalue weighted by Crippen LogP contribution is -2.21. The van der Waals surface area contributed by atoms with Crippen molar-refractivity contribution < 1.29 is 14.4 Å². The molecule has 0 aliphatic carbocycles. The van der Waals surface area contributed by atoms with E-state index in [1.165, 1.54) is 6.07 Å². The molecular weight excluding hydrogens is 260 g/mol. The first-order chi connectivity index (χ1) is 9.43. The first-order valence-corrected chi connectivity index (χ1v) is 6.73. The Kier molecular flexibility index (Phi) is 6.24. The number of rotatable bonds is 8. The number of nitrogens with zero attached hydrogens (tertiary/aromatic N) is 1. The summed E-state index contributed by atoms with van der Waals surface area (Å²) in [4.78, 5) is 10.5. The van der Waals surface area contributed by atoms with E-state index in [-0.39, 0.29) is 23.6 Å². The van der Waals surface area contributed by atoms with E-state index in [0.29, 0.717) is 13.2 Å². The van der Waals surface area contributed by atoms with Crippen LogP contribution in [-0.2, 0) is 4.74 Å². The van der Waals surface area contributed by atoms with Crippen LogP contribution in [0, 0.1) is 10.1 Å². The minimum Gasteiger partial charge on any atom is -0.484 e. The summed E-state index contributed by atoms with van der Waals surface area (Å²) < 4.78 is 10.8. The monoisotopic (exact) mass is 282 g/mol. The van der Waals surface area contributed by atoms with E-state index in [0.717, 1.165) is 5.69 Å². The third-order valence-electron chi connectivity index (χ3n) is 2.50. The maximum absolute atomic E-state index is 11.0. The van der Waals surface area contributed by atoms with Gasteiger partial charge in [0.1, 0.15) is 0 Å². The van der Waals surface area contributed by atoms with Crippen LogP contribution >= 0.6 is 0 Å². The van der Waals surface area contributed by atoms with Gasteiger partial charge in [-0.3, -0.25) is 10.1 Å². The number of anilines is 1. The highest BCUT2D eigenvalue weighted by atomic mass is 16.6. The van der Waals surface area contributed by atoms with Crippen molar-refractivity contribution in [3.05, 3.63) is 28.3 Å². The van der Waals surface area contributed by atoms with Crippen molar-refractivity contribution in [2.75, 3.05) is 18.5 Å². The van der Waals surface area contributed by atoms with Gasteiger partial charge in [0.05, 0.1) is 17.6 Å². The molecule has 0 aliphatic rings. The maximum Gasteiger partial charge on any atom is 0.311 e. The lowest BCUT2D eigenvalue weighted by atomic mass is 10.2. The molecule has 0 aromatic heterocycles. The molecule has 1 N–H and O–H groups in total. The Balaban J connectivity index is 2.85. The van der Waals surface area contributed by atoms with Crippen molar-refractivity contribution in [1.29, 1.82) is 0 Å². The van der Waals surface area contributed by atoms with E-state index < -0.39 is 4.92 Å². The van der Waals surface area contributed by atoms with E-state index in [4.69, 9.17) is 9.47 Å². The highest BCUT2D eigenvalue weighted by Crippen LogP contribution is 2.31. The summed E-state index contributed by atoms with van der Waals surface area (Å²) in [5, 5.41) is 14.2. The number of benzene rings is 1. The Bertz CT molecular complexity index is 449. The van der Waals surface area contributed by atoms with Crippen molar-refractivity contribution >= 4 is 11.4 Å². The van der Waals surface area contributed by atoms with Crippen LogP contribution in [0.4, 0.5) is 11.4 Å². The second kappa shape index (κ2) is 7.69. The third-order valence-corrected chi connectivity index (χ3v) is 2.50. The smallest absolute Gasteiger partial charge is 0.311 e. The predicted octanol–water partition coefficient (Wildman–Crippen LogP) is 3.22. The quantitative estimate of drug-likeness (QED) is 0.585. The van der Waals surface area contributed by atoms with Crippen molar-refractivity contribution in [3.63, 3.8) is 0 Å². The highest BCUT2D eigenvalue weighted by molar-refractivity contribution is 5.58. The van der Waals surface area contributed by atoms with E-state index in [9.17, 15) is 10.1 Å². The molecule has 6 nitrogen and oxygen atoms in total. The number of nitro benzene ring substituents is 1. The summed E-state index contributed by atoms with van der Waals surface area (Å²) in [6, 6.07) is 4.89. The normalized spacial score (nSPS) is 12.2. The zero-order chi connectivity index (χ0) is 15.1. The van der Waals surface area contributed by atoms with E-state index in [1.807, 2.05) is 27.7 Å². The van der Waals surface area contributed by atoms with Crippen molar-refractivity contribution in [2.45, 2.75) is 39.8 Å². The molecule has 1 aromatic rings. The van der Waals surface area contributed by atoms with Crippen LogP contribution in [0.5, 0.6) is 5.75 Å². The van der Waals surface area contributed by atoms with E-state index in [2.05, 4.69) is 5.32 Å². The molecule has 1 unspecified atom stereocenters. The second-order valence-corrected chi connectivity index (χ2v) is 4.81. The largest absolute Gasteiger partial charge is 0.484 e. The lowest BCUT2D eigenvalue weighted by molar-refractivity contribution is -0.386. The molecule has 0 saturated carbocycles. The number of hydrogen-bond donors (Lipinski definition) is 1. The standard InChI is InChI=1S/C14H22N2O4/c1-5-19-9-11(4)15-12-6-7-13(16(17)18)14(8-12)20-10(2)3/h6-8,10-11,15H,5,9H2,1-4H3. The molecule has 20 heavy (non-hydrogen) atoms. The fourth-order valence-electron chi connectivity index (χ4n) is 1.72. The summed E-state index contributed by atoms with van der Waals surface area (Å²) in [5.74, 6) is 0.276. The van der Waals surface area contributed by atoms with Gasteiger partial charge in [-0.05, 0) is 33.8 Å². The summed E-state index contributed by atoms with van der Waals surface area (Å²) in [6.07, 6.45) is -0.121. The van der Waals surface area contributed by atoms with Crippen LogP contribution in [0.15, 0.2) is 18.2 Å². The molecule has 1 atom stereocenters. The molecule has 1 rings (SSSR count). The molecule has 0 heterocycles. The van der Waals surface area contributed by atoms with Crippen LogP contribution in [0.25, 0.3) is 0 Å². The molecule has 0 spiro atoms. The Morgan fingerprint density at radius 1 is 1.35 bits per heavy atom. The summed E-state index contributed by atoms with van der Waals surface area (Å²) in [5.41, 5.74) is 0.750. The van der Waals surface area contributed by atoms with Crippen LogP contribution in [-0.4, -0.2) is 30.3 Å². The van der Waals surface area contributed by atoms with Crippen LogP contribution in [0.3, 0.4) is 0 Å². The second-order valence-electron chi connectivity index (χ2n) is 4.81. The Hall–Kier alpha value is -1.82. The molecule has 6 heteroatoms. The molecule has 0 radical (unpaired) electrons. The van der Waals surface area contributed by atoms with Gasteiger partial charge in [-0.25, -0.2) is 0 Å². The number of ether oxygens (including phenoxy) is 2. The Labute approximate surface area is 119 Å². The predicted molar refractivity (Wildman–Crippen MR) is 78.4 cm³/mol. The van der Waals surface area contributed by atoms with Gasteiger partial charge in [-0.2, -0.15) is 0 Å². The fraction of sp³-hybridized carbons (Fsp3) is 0.571. The first-order valence-electron chi connectivity index (χ1n) is 6.73. The third kappa shape index (κ3) is 5.05. The summed E-state index contributed by atoms with van der Waals surface area (Å²) in [7, 11) is 0. The molecule has 1 aromatic carbocycles. The molecule has 0 saturated heterocycles.